The molecule has 0 saturated carbocycles. The van der Waals surface area contributed by atoms with Gasteiger partial charge < -0.3 is 9.64 Å². The summed E-state index contributed by atoms with van der Waals surface area (Å²) in [5.74, 6) is -0.0635. The number of esters is 1. The molecule has 1 fully saturated rings. The molecule has 2 atom stereocenters. The SMILES string of the molecule is CCOC(=O)C1CCCN(CC(Cl)c2ccccc2)C1. The number of carbonyl (C=O) groups excluding carboxylic acids is 1. The molecule has 0 aromatic heterocycles. The zero-order chi connectivity index (χ0) is 14.4. The van der Waals surface area contributed by atoms with Crippen molar-refractivity contribution < 1.29 is 9.53 Å². The number of halogens is 1. The molecular weight excluding hydrogens is 274 g/mol. The fourth-order valence-corrected chi connectivity index (χ4v) is 3.01. The average Bonchev–Trinajstić information content (AvgIpc) is 2.48. The molecule has 0 N–H and O–H groups in total. The molecule has 0 bridgehead atoms. The summed E-state index contributed by atoms with van der Waals surface area (Å²) in [4.78, 5) is 14.1. The van der Waals surface area contributed by atoms with Crippen LogP contribution in [0.3, 0.4) is 0 Å². The van der Waals surface area contributed by atoms with Crippen LogP contribution in [0.15, 0.2) is 30.3 Å². The van der Waals surface area contributed by atoms with Crippen molar-refractivity contribution in [2.75, 3.05) is 26.2 Å². The molecule has 1 aliphatic heterocycles. The Labute approximate surface area is 125 Å². The highest BCUT2D eigenvalue weighted by atomic mass is 35.5. The van der Waals surface area contributed by atoms with Gasteiger partial charge in [-0.05, 0) is 31.9 Å². The summed E-state index contributed by atoms with van der Waals surface area (Å²) in [6, 6.07) is 10.1. The van der Waals surface area contributed by atoms with Crippen LogP contribution >= 0.6 is 11.6 Å². The Morgan fingerprint density at radius 3 is 2.90 bits per heavy atom. The number of carbonyl (C=O) groups is 1. The van der Waals surface area contributed by atoms with Crippen molar-refractivity contribution in [1.82, 2.24) is 4.90 Å². The standard InChI is InChI=1S/C16H22ClNO2/c1-2-20-16(19)14-9-6-10-18(11-14)12-15(17)13-7-4-3-5-8-13/h3-5,7-8,14-15H,2,6,9-12H2,1H3. The predicted molar refractivity (Wildman–Crippen MR) is 80.8 cm³/mol. The Balaban J connectivity index is 1.88. The Morgan fingerprint density at radius 1 is 1.45 bits per heavy atom. The molecule has 110 valence electrons. The highest BCUT2D eigenvalue weighted by Crippen LogP contribution is 2.25. The normalized spacial score (nSPS) is 21.4. The Kier molecular flexibility index (Phi) is 5.86. The molecule has 20 heavy (non-hydrogen) atoms. The van der Waals surface area contributed by atoms with Crippen molar-refractivity contribution in [1.29, 1.82) is 0 Å². The first kappa shape index (κ1) is 15.3. The van der Waals surface area contributed by atoms with Crippen LogP contribution in [-0.4, -0.2) is 37.1 Å². The minimum absolute atomic E-state index is 0.00309. The van der Waals surface area contributed by atoms with E-state index < -0.39 is 0 Å². The average molecular weight is 296 g/mol. The number of hydrogen-bond acceptors (Lipinski definition) is 3. The molecule has 0 aliphatic carbocycles. The minimum Gasteiger partial charge on any atom is -0.466 e. The maximum Gasteiger partial charge on any atom is 0.310 e. The second-order valence-electron chi connectivity index (χ2n) is 5.23. The molecule has 2 rings (SSSR count). The number of piperidine rings is 1. The molecule has 0 radical (unpaired) electrons. The number of rotatable bonds is 5. The number of hydrogen-bond donors (Lipinski definition) is 0. The summed E-state index contributed by atoms with van der Waals surface area (Å²) < 4.78 is 5.12. The van der Waals surface area contributed by atoms with Gasteiger partial charge in [-0.3, -0.25) is 4.79 Å². The van der Waals surface area contributed by atoms with Gasteiger partial charge in [0.2, 0.25) is 0 Å². The van der Waals surface area contributed by atoms with Crippen molar-refractivity contribution >= 4 is 17.6 Å². The van der Waals surface area contributed by atoms with E-state index in [1.807, 2.05) is 37.3 Å². The third kappa shape index (κ3) is 4.22. The van der Waals surface area contributed by atoms with Crippen LogP contribution in [0.5, 0.6) is 0 Å². The van der Waals surface area contributed by atoms with Gasteiger partial charge in [0, 0.05) is 13.1 Å². The summed E-state index contributed by atoms with van der Waals surface area (Å²) in [6.45, 7) is 4.85. The van der Waals surface area contributed by atoms with Gasteiger partial charge in [-0.1, -0.05) is 30.3 Å². The van der Waals surface area contributed by atoms with E-state index in [0.717, 1.165) is 38.0 Å². The molecule has 2 unspecified atom stereocenters. The monoisotopic (exact) mass is 295 g/mol. The first-order chi connectivity index (χ1) is 9.70. The van der Waals surface area contributed by atoms with E-state index in [4.69, 9.17) is 16.3 Å². The third-order valence-corrected chi connectivity index (χ3v) is 4.10. The van der Waals surface area contributed by atoms with Crippen LogP contribution in [0.4, 0.5) is 0 Å². The van der Waals surface area contributed by atoms with Crippen LogP contribution in [0.2, 0.25) is 0 Å². The summed E-state index contributed by atoms with van der Waals surface area (Å²) in [5.41, 5.74) is 1.13. The summed E-state index contributed by atoms with van der Waals surface area (Å²) in [7, 11) is 0. The minimum atomic E-state index is -0.0666. The number of benzene rings is 1. The van der Waals surface area contributed by atoms with Crippen molar-refractivity contribution in [3.63, 3.8) is 0 Å². The Bertz CT molecular complexity index is 424. The first-order valence-corrected chi connectivity index (χ1v) is 7.72. The first-order valence-electron chi connectivity index (χ1n) is 7.28. The number of alkyl halides is 1. The second-order valence-corrected chi connectivity index (χ2v) is 5.76. The Hall–Kier alpha value is -1.06. The lowest BCUT2D eigenvalue weighted by Gasteiger charge is -2.32. The number of nitrogens with zero attached hydrogens (tertiary/aromatic N) is 1. The van der Waals surface area contributed by atoms with E-state index in [-0.39, 0.29) is 17.3 Å². The molecule has 1 saturated heterocycles. The lowest BCUT2D eigenvalue weighted by Crippen LogP contribution is -2.40. The van der Waals surface area contributed by atoms with Crippen LogP contribution in [0, 0.1) is 5.92 Å². The van der Waals surface area contributed by atoms with E-state index in [1.165, 1.54) is 0 Å². The summed E-state index contributed by atoms with van der Waals surface area (Å²) >= 11 is 6.47. The van der Waals surface area contributed by atoms with E-state index in [0.29, 0.717) is 6.61 Å². The van der Waals surface area contributed by atoms with Crippen LogP contribution < -0.4 is 0 Å². The number of ether oxygens (including phenoxy) is 1. The third-order valence-electron chi connectivity index (χ3n) is 3.71. The van der Waals surface area contributed by atoms with E-state index in [1.54, 1.807) is 0 Å². The quantitative estimate of drug-likeness (QED) is 0.617. The maximum atomic E-state index is 11.8. The van der Waals surface area contributed by atoms with Gasteiger partial charge in [-0.15, -0.1) is 11.6 Å². The van der Waals surface area contributed by atoms with Crippen molar-refractivity contribution in [2.45, 2.75) is 25.1 Å². The molecule has 1 aliphatic rings. The topological polar surface area (TPSA) is 29.5 Å². The Morgan fingerprint density at radius 2 is 2.20 bits per heavy atom. The molecule has 4 heteroatoms. The predicted octanol–water partition coefficient (Wildman–Crippen LogP) is 3.24. The van der Waals surface area contributed by atoms with Crippen LogP contribution in [0.25, 0.3) is 0 Å². The fraction of sp³-hybridized carbons (Fsp3) is 0.562. The van der Waals surface area contributed by atoms with Crippen LogP contribution in [-0.2, 0) is 9.53 Å². The highest BCUT2D eigenvalue weighted by molar-refractivity contribution is 6.21. The van der Waals surface area contributed by atoms with Crippen molar-refractivity contribution in [3.8, 4) is 0 Å². The van der Waals surface area contributed by atoms with Gasteiger partial charge >= 0.3 is 5.97 Å². The number of likely N-dealkylation sites (tertiary alicyclic amines) is 1. The summed E-state index contributed by atoms with van der Waals surface area (Å²) in [6.07, 6.45) is 1.95. The molecular formula is C16H22ClNO2. The fourth-order valence-electron chi connectivity index (χ4n) is 2.67. The van der Waals surface area contributed by atoms with E-state index >= 15 is 0 Å². The van der Waals surface area contributed by atoms with Gasteiger partial charge in [-0.25, -0.2) is 0 Å². The lowest BCUT2D eigenvalue weighted by molar-refractivity contribution is -0.149. The van der Waals surface area contributed by atoms with Crippen molar-refractivity contribution in [3.05, 3.63) is 35.9 Å². The molecule has 1 aromatic carbocycles. The van der Waals surface area contributed by atoms with Gasteiger partial charge in [0.1, 0.15) is 0 Å². The largest absolute Gasteiger partial charge is 0.466 e. The van der Waals surface area contributed by atoms with E-state index in [2.05, 4.69) is 4.90 Å². The lowest BCUT2D eigenvalue weighted by atomic mass is 9.97. The van der Waals surface area contributed by atoms with E-state index in [9.17, 15) is 4.79 Å². The molecule has 1 aromatic rings. The molecule has 1 heterocycles. The zero-order valence-electron chi connectivity index (χ0n) is 11.9. The molecule has 0 spiro atoms. The molecule has 0 amide bonds. The highest BCUT2D eigenvalue weighted by Gasteiger charge is 2.27. The zero-order valence-corrected chi connectivity index (χ0v) is 12.7. The van der Waals surface area contributed by atoms with Crippen LogP contribution in [0.1, 0.15) is 30.7 Å². The maximum absolute atomic E-state index is 11.8. The summed E-state index contributed by atoms with van der Waals surface area (Å²) in [5, 5.41) is -0.0304. The van der Waals surface area contributed by atoms with Gasteiger partial charge in [0.25, 0.3) is 0 Å². The van der Waals surface area contributed by atoms with Gasteiger partial charge in [-0.2, -0.15) is 0 Å². The van der Waals surface area contributed by atoms with Crippen molar-refractivity contribution in [2.24, 2.45) is 5.92 Å². The smallest absolute Gasteiger partial charge is 0.310 e. The molecule has 3 nitrogen and oxygen atoms in total. The van der Waals surface area contributed by atoms with Gasteiger partial charge in [0.15, 0.2) is 0 Å². The van der Waals surface area contributed by atoms with Gasteiger partial charge in [0.05, 0.1) is 17.9 Å². The second kappa shape index (κ2) is 7.65.